The number of hydrogen-bond acceptors (Lipinski definition) is 0. The molecule has 0 radical (unpaired) electrons. The maximum atomic E-state index is 2.29. The van der Waals surface area contributed by atoms with Crippen LogP contribution in [0.5, 0.6) is 0 Å². The lowest BCUT2D eigenvalue weighted by Crippen LogP contribution is -1.91. The van der Waals surface area contributed by atoms with Gasteiger partial charge in [-0.05, 0) is 98.0 Å². The van der Waals surface area contributed by atoms with Crippen molar-refractivity contribution < 1.29 is 0 Å². The van der Waals surface area contributed by atoms with Crippen LogP contribution in [0.2, 0.25) is 0 Å². The molecule has 0 aliphatic carbocycles. The zero-order chi connectivity index (χ0) is 38.2. The van der Waals surface area contributed by atoms with E-state index in [1.54, 1.807) is 0 Å². The van der Waals surface area contributed by atoms with Gasteiger partial charge >= 0.3 is 0 Å². The molecule has 0 unspecified atom stereocenters. The molecule has 0 aromatic heterocycles. The highest BCUT2D eigenvalue weighted by molar-refractivity contribution is 6.21. The van der Waals surface area contributed by atoms with Crippen LogP contribution in [-0.4, -0.2) is 0 Å². The van der Waals surface area contributed by atoms with Gasteiger partial charge < -0.3 is 0 Å². The Morgan fingerprint density at radius 3 is 1.04 bits per heavy atom. The van der Waals surface area contributed by atoms with Crippen LogP contribution >= 0.6 is 0 Å². The second-order valence-corrected chi connectivity index (χ2v) is 12.3. The smallest absolute Gasteiger partial charge is 0.00263 e. The predicted octanol–water partition coefficient (Wildman–Crippen LogP) is 16.4. The van der Waals surface area contributed by atoms with Crippen molar-refractivity contribution in [3.05, 3.63) is 193 Å². The third-order valence-corrected chi connectivity index (χ3v) is 9.10. The monoisotopic (exact) mass is 692 g/mol. The van der Waals surface area contributed by atoms with E-state index in [2.05, 4.69) is 197 Å². The summed E-state index contributed by atoms with van der Waals surface area (Å²) in [5, 5.41) is 5.17. The molecule has 0 heteroatoms. The molecule has 0 nitrogen and oxygen atoms in total. The number of rotatable bonds is 4. The van der Waals surface area contributed by atoms with Crippen molar-refractivity contribution in [3.8, 4) is 44.5 Å². The molecule has 8 rings (SSSR count). The summed E-state index contributed by atoms with van der Waals surface area (Å²) in [7, 11) is 0. The summed E-state index contributed by atoms with van der Waals surface area (Å²) in [6.45, 7) is 18.5. The summed E-state index contributed by atoms with van der Waals surface area (Å²) in [4.78, 5) is 0. The number of fused-ring (bicyclic) bond motifs is 2. The second-order valence-electron chi connectivity index (χ2n) is 12.3. The lowest BCUT2D eigenvalue weighted by Gasteiger charge is -2.18. The first-order chi connectivity index (χ1) is 26.1. The van der Waals surface area contributed by atoms with Gasteiger partial charge in [-0.15, -0.1) is 0 Å². The van der Waals surface area contributed by atoms with Crippen LogP contribution < -0.4 is 0 Å². The van der Waals surface area contributed by atoms with Crippen molar-refractivity contribution in [2.24, 2.45) is 0 Å². The van der Waals surface area contributed by atoms with E-state index in [-0.39, 0.29) is 0 Å². The molecule has 53 heavy (non-hydrogen) atoms. The molecule has 268 valence electrons. The fraction of sp³-hybridized carbons (Fsp3) is 0.170. The highest BCUT2D eigenvalue weighted by Gasteiger charge is 2.16. The largest absolute Gasteiger partial charge is 0.0683 e. The van der Waals surface area contributed by atoms with Crippen LogP contribution in [-0.2, 0) is 0 Å². The van der Waals surface area contributed by atoms with E-state index in [9.17, 15) is 0 Å². The van der Waals surface area contributed by atoms with Crippen molar-refractivity contribution >= 4 is 21.5 Å². The summed E-state index contributed by atoms with van der Waals surface area (Å²) in [5.74, 6) is 0. The number of aryl methyl sites for hydroxylation is 3. The van der Waals surface area contributed by atoms with Gasteiger partial charge in [0.1, 0.15) is 0 Å². The van der Waals surface area contributed by atoms with Gasteiger partial charge in [-0.3, -0.25) is 0 Å². The van der Waals surface area contributed by atoms with Gasteiger partial charge in [0.15, 0.2) is 0 Å². The first-order valence-corrected chi connectivity index (χ1v) is 19.4. The highest BCUT2D eigenvalue weighted by Crippen LogP contribution is 2.44. The van der Waals surface area contributed by atoms with E-state index in [1.165, 1.54) is 82.7 Å². The Kier molecular flexibility index (Phi) is 15.4. The molecular weight excluding hydrogens is 637 g/mol. The average Bonchev–Trinajstić information content (AvgIpc) is 3.23. The topological polar surface area (TPSA) is 0 Å². The van der Waals surface area contributed by atoms with E-state index in [0.717, 1.165) is 0 Å². The Hall–Kier alpha value is -5.72. The van der Waals surface area contributed by atoms with Gasteiger partial charge in [-0.2, -0.15) is 0 Å². The Morgan fingerprint density at radius 2 is 0.604 bits per heavy atom. The van der Waals surface area contributed by atoms with E-state index >= 15 is 0 Å². The normalized spacial score (nSPS) is 9.98. The number of benzene rings is 8. The summed E-state index contributed by atoms with van der Waals surface area (Å²) in [6.07, 6.45) is 0. The third-order valence-electron chi connectivity index (χ3n) is 9.10. The molecule has 0 fully saturated rings. The summed E-state index contributed by atoms with van der Waals surface area (Å²) >= 11 is 0. The van der Waals surface area contributed by atoms with Gasteiger partial charge in [-0.25, -0.2) is 0 Å². The fourth-order valence-electron chi connectivity index (χ4n) is 6.76. The molecule has 0 heterocycles. The molecule has 0 bridgehead atoms. The van der Waals surface area contributed by atoms with Crippen LogP contribution in [0, 0.1) is 20.8 Å². The first-order valence-electron chi connectivity index (χ1n) is 19.4. The Balaban J connectivity index is 0.000000262. The van der Waals surface area contributed by atoms with Gasteiger partial charge in [-0.1, -0.05) is 223 Å². The van der Waals surface area contributed by atoms with Gasteiger partial charge in [0.05, 0.1) is 0 Å². The zero-order valence-electron chi connectivity index (χ0n) is 33.2. The Morgan fingerprint density at radius 1 is 0.264 bits per heavy atom. The quantitative estimate of drug-likeness (QED) is 0.161. The predicted molar refractivity (Wildman–Crippen MR) is 238 cm³/mol. The Bertz CT molecular complexity index is 2210. The maximum Gasteiger partial charge on any atom is -0.00263 e. The fourth-order valence-corrected chi connectivity index (χ4v) is 6.76. The molecule has 8 aromatic rings. The summed E-state index contributed by atoms with van der Waals surface area (Å²) in [5.41, 5.74) is 14.2. The molecule has 0 aliphatic heterocycles. The van der Waals surface area contributed by atoms with Gasteiger partial charge in [0, 0.05) is 0 Å². The van der Waals surface area contributed by atoms with Crippen LogP contribution in [0.15, 0.2) is 176 Å². The average molecular weight is 693 g/mol. The molecule has 0 amide bonds. The van der Waals surface area contributed by atoms with Crippen LogP contribution in [0.3, 0.4) is 0 Å². The summed E-state index contributed by atoms with van der Waals surface area (Å²) in [6, 6.07) is 63.1. The SMILES string of the molecule is CC.CC.CC.Cc1cccc(-c2c3ccccc3c(-c3ccc(-c4ccccc4)cc3)c3ccccc23)c1.Cc1ccccc1-c1ccccc1C. The van der Waals surface area contributed by atoms with E-state index in [4.69, 9.17) is 0 Å². The Labute approximate surface area is 319 Å². The maximum absolute atomic E-state index is 2.29. The highest BCUT2D eigenvalue weighted by atomic mass is 14.2. The molecule has 0 N–H and O–H groups in total. The lowest BCUT2D eigenvalue weighted by atomic mass is 9.85. The standard InChI is InChI=1S/C33H24.C14H14.3C2H6/c1-23-10-9-13-27(22-23)33-30-16-7-5-14-28(30)32(29-15-6-8-17-31(29)33)26-20-18-25(19-21-26)24-11-3-2-4-12-24;1-11-7-3-5-9-13(11)14-10-6-4-8-12(14)2;3*1-2/h2-22H,1H3;3-10H,1-2H3;3*1-2H3. The van der Waals surface area contributed by atoms with E-state index in [1.807, 2.05) is 41.5 Å². The lowest BCUT2D eigenvalue weighted by molar-refractivity contribution is 1.41. The summed E-state index contributed by atoms with van der Waals surface area (Å²) < 4.78 is 0. The minimum atomic E-state index is 1.24. The second kappa shape index (κ2) is 20.4. The van der Waals surface area contributed by atoms with E-state index in [0.29, 0.717) is 0 Å². The van der Waals surface area contributed by atoms with Gasteiger partial charge in [0.2, 0.25) is 0 Å². The molecule has 8 aromatic carbocycles. The molecule has 0 atom stereocenters. The zero-order valence-corrected chi connectivity index (χ0v) is 33.2. The molecule has 0 saturated carbocycles. The van der Waals surface area contributed by atoms with Crippen molar-refractivity contribution in [2.45, 2.75) is 62.3 Å². The molecular formula is C53H56. The van der Waals surface area contributed by atoms with Gasteiger partial charge in [0.25, 0.3) is 0 Å². The third kappa shape index (κ3) is 9.39. The minimum Gasteiger partial charge on any atom is -0.0683 e. The van der Waals surface area contributed by atoms with E-state index < -0.39 is 0 Å². The minimum absolute atomic E-state index is 1.24. The molecule has 0 aliphatic rings. The van der Waals surface area contributed by atoms with Crippen LogP contribution in [0.4, 0.5) is 0 Å². The van der Waals surface area contributed by atoms with Crippen LogP contribution in [0.1, 0.15) is 58.2 Å². The molecule has 0 spiro atoms. The van der Waals surface area contributed by atoms with Crippen molar-refractivity contribution in [1.82, 2.24) is 0 Å². The van der Waals surface area contributed by atoms with Crippen LogP contribution in [0.25, 0.3) is 66.1 Å². The van der Waals surface area contributed by atoms with Crippen molar-refractivity contribution in [2.75, 3.05) is 0 Å². The number of hydrogen-bond donors (Lipinski definition) is 0. The van der Waals surface area contributed by atoms with Crippen molar-refractivity contribution in [1.29, 1.82) is 0 Å². The van der Waals surface area contributed by atoms with Crippen molar-refractivity contribution in [3.63, 3.8) is 0 Å². The first kappa shape index (κ1) is 40.1. The molecule has 0 saturated heterocycles.